The number of hydrogen-bond donors (Lipinski definition) is 11. The average Bonchev–Trinajstić information content (AvgIpc) is 3.51. The molecule has 0 aromatic carbocycles. The van der Waals surface area contributed by atoms with Crippen LogP contribution in [0, 0.1) is 45.3 Å². The molecule has 11 N–H and O–H groups in total. The van der Waals surface area contributed by atoms with Gasteiger partial charge in [-0.25, -0.2) is 0 Å². The molecule has 2 heterocycles. The number of ether oxygens (including phenoxy) is 4. The van der Waals surface area contributed by atoms with Crippen LogP contribution in [0.1, 0.15) is 100 Å². The number of aliphatic hydroxyl groups is 11. The lowest BCUT2D eigenvalue weighted by atomic mass is 9.34. The van der Waals surface area contributed by atoms with Crippen molar-refractivity contribution in [3.63, 3.8) is 0 Å². The van der Waals surface area contributed by atoms with Gasteiger partial charge in [-0.15, -0.1) is 0 Å². The van der Waals surface area contributed by atoms with Gasteiger partial charge in [-0.05, 0) is 111 Å². The molecule has 0 aromatic heterocycles. The van der Waals surface area contributed by atoms with Crippen LogP contribution in [0.2, 0.25) is 0 Å². The van der Waals surface area contributed by atoms with E-state index in [0.29, 0.717) is 38.5 Å². The highest BCUT2D eigenvalue weighted by molar-refractivity contribution is 5.22. The molecule has 21 atom stereocenters. The molecule has 0 aromatic rings. The SMILES string of the molecule is CC(C)(O)/C=C/C[C@](C)(O[C@H]1O[C@H](CO)[C@@H](O)[C@H](O)[C@H]1O)[C@H]1CC[C@]2(C)[C@H]1[C@H](O)C[C@@H]1[C@]3(C)CC[C@@H](O)C(C)(C)[C@H]3[C@H](O[C@@H]3O[C@@H](CO)[C@@H](O)[C@H](O)[C@@H]3O)C[C@@]12C. The van der Waals surface area contributed by atoms with Gasteiger partial charge in [-0.2, -0.15) is 0 Å². The van der Waals surface area contributed by atoms with E-state index in [1.807, 2.05) is 20.8 Å². The van der Waals surface area contributed by atoms with Crippen LogP contribution in [0.4, 0.5) is 0 Å². The third kappa shape index (κ3) is 7.49. The van der Waals surface area contributed by atoms with Crippen molar-refractivity contribution in [1.29, 1.82) is 0 Å². The second-order valence-corrected chi connectivity index (χ2v) is 20.7. The Morgan fingerprint density at radius 3 is 1.84 bits per heavy atom. The normalized spacial score (nSPS) is 52.5. The summed E-state index contributed by atoms with van der Waals surface area (Å²) in [6, 6.07) is 0. The lowest BCUT2D eigenvalue weighted by molar-refractivity contribution is -0.349. The fourth-order valence-corrected chi connectivity index (χ4v) is 13.3. The summed E-state index contributed by atoms with van der Waals surface area (Å²) in [6.07, 6.45) is -9.91. The largest absolute Gasteiger partial charge is 0.394 e. The Morgan fingerprint density at radius 2 is 1.28 bits per heavy atom. The van der Waals surface area contributed by atoms with E-state index in [1.54, 1.807) is 26.0 Å². The molecule has 6 fully saturated rings. The maximum Gasteiger partial charge on any atom is 0.187 e. The van der Waals surface area contributed by atoms with E-state index in [0.717, 1.165) is 0 Å². The topological polar surface area (TPSA) is 259 Å². The molecule has 4 aliphatic carbocycles. The highest BCUT2D eigenvalue weighted by atomic mass is 16.7. The third-order valence-corrected chi connectivity index (χ3v) is 16.5. The van der Waals surface area contributed by atoms with Crippen molar-refractivity contribution in [2.24, 2.45) is 45.3 Å². The maximum atomic E-state index is 12.6. The molecule has 6 rings (SSSR count). The smallest absolute Gasteiger partial charge is 0.187 e. The number of rotatable bonds is 10. The van der Waals surface area contributed by atoms with E-state index in [4.69, 9.17) is 18.9 Å². The predicted octanol–water partition coefficient (Wildman–Crippen LogP) is 0.0906. The molecule has 0 amide bonds. The van der Waals surface area contributed by atoms with Crippen molar-refractivity contribution in [2.45, 2.75) is 191 Å². The molecule has 0 unspecified atom stereocenters. The Hall–Kier alpha value is -0.860. The van der Waals surface area contributed by atoms with Gasteiger partial charge < -0.3 is 75.1 Å². The summed E-state index contributed by atoms with van der Waals surface area (Å²) in [6.45, 7) is 14.6. The van der Waals surface area contributed by atoms with E-state index in [9.17, 15) is 56.2 Å². The van der Waals surface area contributed by atoms with Gasteiger partial charge in [0.1, 0.15) is 48.8 Å². The third-order valence-electron chi connectivity index (χ3n) is 16.5. The molecule has 2 saturated heterocycles. The van der Waals surface area contributed by atoms with E-state index in [2.05, 4.69) is 20.8 Å². The van der Waals surface area contributed by atoms with Crippen molar-refractivity contribution >= 4 is 0 Å². The number of fused-ring (bicyclic) bond motifs is 5. The van der Waals surface area contributed by atoms with E-state index in [1.165, 1.54) is 0 Å². The van der Waals surface area contributed by atoms with Crippen molar-refractivity contribution in [3.8, 4) is 0 Å². The standard InChI is InChI=1S/C42H72O15/c1-37(2,53)12-9-13-42(8,57-36-33(52)31(50)29(48)24(19-44)56-36)20-10-15-40(6)27(20)21(45)16-25-39(5)14-11-26(46)38(3,4)34(39)22(17-41(25,40)7)54-35-32(51)30(49)28(47)23(18-43)55-35/h9,12,20-36,43-53H,10-11,13-19H2,1-8H3/b12-9+/t20-,21+,22+,23-,24+,25+,26+,27+,28+,29+,30-,31-,32-,33+,34+,35+,36+,39-,40+,41-,42-/m0/s1. The highest BCUT2D eigenvalue weighted by Gasteiger charge is 2.74. The minimum Gasteiger partial charge on any atom is -0.394 e. The van der Waals surface area contributed by atoms with Crippen LogP contribution < -0.4 is 0 Å². The summed E-state index contributed by atoms with van der Waals surface area (Å²) in [5.41, 5.74) is -4.55. The molecule has 0 radical (unpaired) electrons. The fraction of sp³-hybridized carbons (Fsp3) is 0.952. The van der Waals surface area contributed by atoms with Gasteiger partial charge in [0.15, 0.2) is 12.6 Å². The van der Waals surface area contributed by atoms with Gasteiger partial charge in [-0.1, -0.05) is 46.8 Å². The zero-order valence-corrected chi connectivity index (χ0v) is 34.9. The lowest BCUT2D eigenvalue weighted by Gasteiger charge is -2.72. The summed E-state index contributed by atoms with van der Waals surface area (Å²) >= 11 is 0. The van der Waals surface area contributed by atoms with Crippen LogP contribution in [0.3, 0.4) is 0 Å². The van der Waals surface area contributed by atoms with E-state index < -0.39 is 126 Å². The summed E-state index contributed by atoms with van der Waals surface area (Å²) in [5.74, 6) is -1.05. The van der Waals surface area contributed by atoms with Gasteiger partial charge in [0.2, 0.25) is 0 Å². The van der Waals surface area contributed by atoms with Crippen LogP contribution in [-0.2, 0) is 18.9 Å². The summed E-state index contributed by atoms with van der Waals surface area (Å²) in [7, 11) is 0. The quantitative estimate of drug-likeness (QED) is 0.103. The van der Waals surface area contributed by atoms with Crippen LogP contribution in [0.15, 0.2) is 12.2 Å². The second kappa shape index (κ2) is 15.8. The zero-order chi connectivity index (χ0) is 42.4. The monoisotopic (exact) mass is 816 g/mol. The Labute approximate surface area is 336 Å². The van der Waals surface area contributed by atoms with Gasteiger partial charge in [-0.3, -0.25) is 0 Å². The van der Waals surface area contributed by atoms with Crippen LogP contribution in [0.5, 0.6) is 0 Å². The average molecular weight is 817 g/mol. The van der Waals surface area contributed by atoms with E-state index >= 15 is 0 Å². The van der Waals surface area contributed by atoms with Gasteiger partial charge in [0.05, 0.1) is 42.7 Å². The highest BCUT2D eigenvalue weighted by Crippen LogP contribution is 2.76. The fourth-order valence-electron chi connectivity index (χ4n) is 13.3. The number of aliphatic hydroxyl groups excluding tert-OH is 10. The van der Waals surface area contributed by atoms with Crippen molar-refractivity contribution < 1.29 is 75.1 Å². The van der Waals surface area contributed by atoms with Crippen molar-refractivity contribution in [3.05, 3.63) is 12.2 Å². The molecule has 57 heavy (non-hydrogen) atoms. The summed E-state index contributed by atoms with van der Waals surface area (Å²) < 4.78 is 25.3. The molecule has 6 aliphatic rings. The Bertz CT molecular complexity index is 1440. The summed E-state index contributed by atoms with van der Waals surface area (Å²) in [4.78, 5) is 0. The van der Waals surface area contributed by atoms with Crippen LogP contribution in [-0.4, -0.2) is 160 Å². The van der Waals surface area contributed by atoms with Crippen LogP contribution >= 0.6 is 0 Å². The Kier molecular flexibility index (Phi) is 12.7. The van der Waals surface area contributed by atoms with Gasteiger partial charge >= 0.3 is 0 Å². The molecule has 15 nitrogen and oxygen atoms in total. The Balaban J connectivity index is 1.40. The Morgan fingerprint density at radius 1 is 0.719 bits per heavy atom. The lowest BCUT2D eigenvalue weighted by Crippen LogP contribution is -2.71. The molecule has 2 aliphatic heterocycles. The molecular formula is C42H72O15. The molecule has 0 bridgehead atoms. The predicted molar refractivity (Wildman–Crippen MR) is 204 cm³/mol. The zero-order valence-electron chi connectivity index (χ0n) is 34.9. The van der Waals surface area contributed by atoms with Crippen LogP contribution in [0.25, 0.3) is 0 Å². The minimum absolute atomic E-state index is 0.0425. The summed E-state index contributed by atoms with van der Waals surface area (Å²) in [5, 5.41) is 119. The second-order valence-electron chi connectivity index (χ2n) is 20.7. The first-order valence-electron chi connectivity index (χ1n) is 21.0. The van der Waals surface area contributed by atoms with Crippen molar-refractivity contribution in [1.82, 2.24) is 0 Å². The maximum absolute atomic E-state index is 12.6. The minimum atomic E-state index is -1.65. The first-order chi connectivity index (χ1) is 26.3. The molecule has 330 valence electrons. The van der Waals surface area contributed by atoms with Gasteiger partial charge in [0.25, 0.3) is 0 Å². The first kappa shape index (κ1) is 45.7. The van der Waals surface area contributed by atoms with E-state index in [-0.39, 0.29) is 30.1 Å². The van der Waals surface area contributed by atoms with Crippen molar-refractivity contribution in [2.75, 3.05) is 13.2 Å². The molecular weight excluding hydrogens is 744 g/mol. The molecule has 15 heteroatoms. The van der Waals surface area contributed by atoms with Gasteiger partial charge in [0, 0.05) is 0 Å². The molecule has 0 spiro atoms. The molecule has 4 saturated carbocycles. The number of hydrogen-bond acceptors (Lipinski definition) is 15. The first-order valence-corrected chi connectivity index (χ1v) is 21.0.